The number of nitrogens with one attached hydrogen (secondary N) is 1. The average molecular weight is 547 g/mol. The van der Waals surface area contributed by atoms with Crippen molar-refractivity contribution in [3.05, 3.63) is 30.1 Å². The van der Waals surface area contributed by atoms with Crippen LogP contribution in [0.1, 0.15) is 31.9 Å². The summed E-state index contributed by atoms with van der Waals surface area (Å²) in [5.74, 6) is 2.05. The summed E-state index contributed by atoms with van der Waals surface area (Å²) in [5, 5.41) is 3.56. The van der Waals surface area contributed by atoms with Crippen molar-refractivity contribution in [2.24, 2.45) is 0 Å². The highest BCUT2D eigenvalue weighted by Crippen LogP contribution is 2.38. The van der Waals surface area contributed by atoms with Gasteiger partial charge in [0.15, 0.2) is 5.82 Å². The number of hydrogen-bond donors (Lipinski definition) is 2. The Labute approximate surface area is 236 Å². The van der Waals surface area contributed by atoms with E-state index >= 15 is 0 Å². The Balaban J connectivity index is 1.27. The van der Waals surface area contributed by atoms with Gasteiger partial charge in [-0.2, -0.15) is 0 Å². The molecule has 0 saturated carbocycles. The number of nitrogens with zero attached hydrogens (tertiary/aromatic N) is 6. The zero-order valence-corrected chi connectivity index (χ0v) is 24.0. The Morgan fingerprint density at radius 3 is 2.55 bits per heavy atom. The summed E-state index contributed by atoms with van der Waals surface area (Å²) in [6.07, 6.45) is 5.86. The number of fused-ring (bicyclic) bond motifs is 1. The van der Waals surface area contributed by atoms with Crippen LogP contribution in [0.25, 0.3) is 22.2 Å². The number of rotatable bonds is 7. The summed E-state index contributed by atoms with van der Waals surface area (Å²) >= 11 is 0. The van der Waals surface area contributed by atoms with E-state index in [9.17, 15) is 0 Å². The molecule has 0 unspecified atom stereocenters. The number of hydrogen-bond acceptors (Lipinski definition) is 10. The van der Waals surface area contributed by atoms with Gasteiger partial charge in [-0.05, 0) is 50.4 Å². The van der Waals surface area contributed by atoms with Crippen molar-refractivity contribution >= 4 is 28.4 Å². The molecular weight excluding hydrogens is 504 g/mol. The zero-order chi connectivity index (χ0) is 27.6. The third kappa shape index (κ3) is 5.40. The molecule has 10 heteroatoms. The van der Waals surface area contributed by atoms with Crippen molar-refractivity contribution < 1.29 is 9.47 Å². The number of piperidine rings is 1. The van der Waals surface area contributed by atoms with E-state index in [-0.39, 0.29) is 6.04 Å². The maximum Gasteiger partial charge on any atom is 0.151 e. The van der Waals surface area contributed by atoms with E-state index in [1.165, 1.54) is 39.0 Å². The van der Waals surface area contributed by atoms with Gasteiger partial charge in [0, 0.05) is 63.7 Å². The number of pyridine rings is 1. The lowest BCUT2D eigenvalue weighted by Gasteiger charge is -2.42. The fraction of sp³-hybridized carbons (Fsp3) is 0.567. The second kappa shape index (κ2) is 11.7. The molecule has 3 fully saturated rings. The number of likely N-dealkylation sites (N-methyl/N-ethyl adjacent to an activating group) is 1. The minimum Gasteiger partial charge on any atom is -0.495 e. The molecule has 0 spiro atoms. The van der Waals surface area contributed by atoms with E-state index in [0.717, 1.165) is 72.1 Å². The third-order valence-electron chi connectivity index (χ3n) is 8.75. The van der Waals surface area contributed by atoms with E-state index < -0.39 is 0 Å². The molecule has 10 nitrogen and oxygen atoms in total. The number of ether oxygens (including phenoxy) is 2. The van der Waals surface area contributed by atoms with Crippen LogP contribution in [0.4, 0.5) is 17.3 Å². The van der Waals surface area contributed by atoms with Crippen LogP contribution >= 0.6 is 0 Å². The van der Waals surface area contributed by atoms with Crippen molar-refractivity contribution in [1.29, 1.82) is 0 Å². The number of aryl methyl sites for hydroxylation is 1. The number of nitrogens with two attached hydrogens (primary N) is 1. The third-order valence-corrected chi connectivity index (χ3v) is 8.75. The Morgan fingerprint density at radius 1 is 1.05 bits per heavy atom. The maximum absolute atomic E-state index is 6.30. The first-order valence-electron chi connectivity index (χ1n) is 14.7. The molecule has 214 valence electrons. The summed E-state index contributed by atoms with van der Waals surface area (Å²) in [6.45, 7) is 10.3. The molecule has 40 heavy (non-hydrogen) atoms. The summed E-state index contributed by atoms with van der Waals surface area (Å²) in [7, 11) is 3.97. The highest BCUT2D eigenvalue weighted by atomic mass is 16.5. The molecule has 3 N–H and O–H groups in total. The topological polar surface area (TPSA) is 105 Å². The van der Waals surface area contributed by atoms with E-state index in [2.05, 4.69) is 57.2 Å². The predicted octanol–water partition coefficient (Wildman–Crippen LogP) is 3.26. The molecule has 3 saturated heterocycles. The van der Waals surface area contributed by atoms with Crippen molar-refractivity contribution in [2.45, 2.75) is 44.7 Å². The number of methoxy groups -OCH3 is 1. The van der Waals surface area contributed by atoms with Crippen LogP contribution < -0.4 is 20.7 Å². The van der Waals surface area contributed by atoms with Gasteiger partial charge >= 0.3 is 0 Å². The van der Waals surface area contributed by atoms with Gasteiger partial charge in [-0.25, -0.2) is 15.0 Å². The molecule has 0 amide bonds. The summed E-state index contributed by atoms with van der Waals surface area (Å²) in [5.41, 5.74) is 11.6. The molecule has 3 aromatic rings. The fourth-order valence-corrected chi connectivity index (χ4v) is 6.27. The zero-order valence-electron chi connectivity index (χ0n) is 24.0. The van der Waals surface area contributed by atoms with Crippen LogP contribution in [-0.2, 0) is 11.2 Å². The molecule has 2 aromatic heterocycles. The molecule has 0 radical (unpaired) electrons. The van der Waals surface area contributed by atoms with Gasteiger partial charge in [-0.1, -0.05) is 13.0 Å². The minimum absolute atomic E-state index is 0.236. The molecule has 3 aliphatic rings. The minimum atomic E-state index is 0.236. The highest BCUT2D eigenvalue weighted by molar-refractivity contribution is 5.97. The Hall–Kier alpha value is -3.21. The lowest BCUT2D eigenvalue weighted by molar-refractivity contribution is 0.0981. The number of benzene rings is 1. The van der Waals surface area contributed by atoms with E-state index in [1.807, 2.05) is 0 Å². The molecular formula is C30H42N8O2. The Morgan fingerprint density at radius 2 is 1.85 bits per heavy atom. The summed E-state index contributed by atoms with van der Waals surface area (Å²) in [6, 6.07) is 7.33. The van der Waals surface area contributed by atoms with Crippen molar-refractivity contribution in [1.82, 2.24) is 24.8 Å². The molecule has 6 rings (SSSR count). The number of nitrogen functional groups attached to an aromatic ring is 1. The molecule has 1 atom stereocenters. The lowest BCUT2D eigenvalue weighted by atomic mass is 10.00. The first kappa shape index (κ1) is 27.0. The van der Waals surface area contributed by atoms with Crippen LogP contribution in [-0.4, -0.2) is 103 Å². The van der Waals surface area contributed by atoms with Crippen LogP contribution in [0.15, 0.2) is 24.4 Å². The predicted molar refractivity (Wildman–Crippen MR) is 160 cm³/mol. The monoisotopic (exact) mass is 546 g/mol. The Bertz CT molecular complexity index is 1330. The van der Waals surface area contributed by atoms with Crippen LogP contribution in [0, 0.1) is 0 Å². The standard InChI is InChI=1S/C30H42N8O2/c1-4-24-30(33-21-9-16-40-19-21)35-27-23(18-32-29(31)28(27)34-24)20-5-6-25(26(17-20)39-3)38-10-7-22(8-11-38)37-14-12-36(2)13-15-37/h5-6,17-18,21-22H,4,7-16,19H2,1-3H3,(H2,31,32)(H,33,35)/t21-/m1/s1. The van der Waals surface area contributed by atoms with Crippen LogP contribution in [0.3, 0.4) is 0 Å². The molecule has 0 bridgehead atoms. The van der Waals surface area contributed by atoms with Crippen molar-refractivity contribution in [3.8, 4) is 16.9 Å². The van der Waals surface area contributed by atoms with Gasteiger partial charge in [0.2, 0.25) is 0 Å². The van der Waals surface area contributed by atoms with Crippen molar-refractivity contribution in [2.75, 3.05) is 82.6 Å². The van der Waals surface area contributed by atoms with E-state index in [0.29, 0.717) is 24.0 Å². The largest absolute Gasteiger partial charge is 0.495 e. The highest BCUT2D eigenvalue weighted by Gasteiger charge is 2.28. The normalized spacial score (nSPS) is 21.3. The molecule has 3 aliphatic heterocycles. The molecule has 1 aromatic carbocycles. The number of anilines is 3. The SMILES string of the molecule is CCc1nc2c(N)ncc(-c3ccc(N4CCC(N5CCN(C)CC5)CC4)c(OC)c3)c2nc1N[C@@H]1CCOC1. The fourth-order valence-electron chi connectivity index (χ4n) is 6.27. The molecule has 0 aliphatic carbocycles. The van der Waals surface area contributed by atoms with Crippen molar-refractivity contribution in [3.63, 3.8) is 0 Å². The van der Waals surface area contributed by atoms with Gasteiger partial charge in [-0.15, -0.1) is 0 Å². The second-order valence-electron chi connectivity index (χ2n) is 11.3. The van der Waals surface area contributed by atoms with Crippen LogP contribution in [0.2, 0.25) is 0 Å². The Kier molecular flexibility index (Phi) is 7.91. The van der Waals surface area contributed by atoms with E-state index in [1.54, 1.807) is 13.3 Å². The quantitative estimate of drug-likeness (QED) is 0.459. The van der Waals surface area contributed by atoms with Gasteiger partial charge in [0.05, 0.1) is 31.1 Å². The van der Waals surface area contributed by atoms with Gasteiger partial charge < -0.3 is 30.3 Å². The van der Waals surface area contributed by atoms with E-state index in [4.69, 9.17) is 25.2 Å². The first-order chi connectivity index (χ1) is 19.5. The lowest BCUT2D eigenvalue weighted by Crippen LogP contribution is -2.52. The maximum atomic E-state index is 6.30. The van der Waals surface area contributed by atoms with Gasteiger partial charge in [-0.3, -0.25) is 4.90 Å². The first-order valence-corrected chi connectivity index (χ1v) is 14.7. The van der Waals surface area contributed by atoms with Gasteiger partial charge in [0.25, 0.3) is 0 Å². The van der Waals surface area contributed by atoms with Crippen LogP contribution in [0.5, 0.6) is 5.75 Å². The molecule has 5 heterocycles. The number of aromatic nitrogens is 3. The average Bonchev–Trinajstić information content (AvgIpc) is 3.50. The smallest absolute Gasteiger partial charge is 0.151 e. The summed E-state index contributed by atoms with van der Waals surface area (Å²) < 4.78 is 11.5. The summed E-state index contributed by atoms with van der Waals surface area (Å²) in [4.78, 5) is 22.0. The number of piperazine rings is 1. The second-order valence-corrected chi connectivity index (χ2v) is 11.3. The van der Waals surface area contributed by atoms with Gasteiger partial charge in [0.1, 0.15) is 22.6 Å².